The number of phosphoric acid groups is 1. The van der Waals surface area contributed by atoms with Crippen LogP contribution in [0, 0.1) is 0 Å². The van der Waals surface area contributed by atoms with Crippen molar-refractivity contribution < 1.29 is 19.2 Å². The Balaban J connectivity index is 0.000000494. The fourth-order valence-electron chi connectivity index (χ4n) is 1.47. The highest BCUT2D eigenvalue weighted by Gasteiger charge is 2.15. The normalized spacial score (nSPS) is 11.7. The van der Waals surface area contributed by atoms with E-state index in [1.54, 1.807) is 0 Å². The third-order valence-corrected chi connectivity index (χ3v) is 2.84. The van der Waals surface area contributed by atoms with Gasteiger partial charge in [0.15, 0.2) is 16.3 Å². The van der Waals surface area contributed by atoms with Crippen molar-refractivity contribution in [3.05, 3.63) is 29.3 Å². The van der Waals surface area contributed by atoms with Crippen LogP contribution in [0.25, 0.3) is 0 Å². The van der Waals surface area contributed by atoms with Crippen molar-refractivity contribution >= 4 is 28.5 Å². The van der Waals surface area contributed by atoms with Gasteiger partial charge in [-0.1, -0.05) is 51.5 Å². The molecule has 0 aliphatic rings. The summed E-state index contributed by atoms with van der Waals surface area (Å²) in [4.78, 5) is 21.6. The highest BCUT2D eigenvalue weighted by atomic mass is 31.2. The zero-order valence-corrected chi connectivity index (χ0v) is 13.3. The van der Waals surface area contributed by atoms with E-state index in [4.69, 9.17) is 19.2 Å². The summed E-state index contributed by atoms with van der Waals surface area (Å²) in [6, 6.07) is 6.73. The number of hydrogen-bond acceptors (Lipinski definition) is 1. The van der Waals surface area contributed by atoms with Gasteiger partial charge in [0.1, 0.15) is 0 Å². The molecule has 0 saturated carbocycles. The number of rotatable bonds is 1. The van der Waals surface area contributed by atoms with Gasteiger partial charge in [-0.15, -0.1) is 4.43 Å². The third-order valence-electron chi connectivity index (χ3n) is 2.33. The molecule has 100 valence electrons. The minimum atomic E-state index is -4.64. The Hall–Kier alpha value is -0.138. The predicted octanol–water partition coefficient (Wildman–Crippen LogP) is 1.41. The summed E-state index contributed by atoms with van der Waals surface area (Å²) in [5, 5.41) is 0. The lowest BCUT2D eigenvalue weighted by Gasteiger charge is -2.23. The van der Waals surface area contributed by atoms with Crippen LogP contribution in [0.4, 0.5) is 0 Å². The zero-order chi connectivity index (χ0) is 14.6. The number of aryl methyl sites for hydroxylation is 1. The van der Waals surface area contributed by atoms with Crippen molar-refractivity contribution in [2.24, 2.45) is 0 Å². The monoisotopic (exact) mass is 286 g/mol. The average molecular weight is 286 g/mol. The van der Waals surface area contributed by atoms with E-state index < -0.39 is 7.82 Å². The highest BCUT2D eigenvalue weighted by Crippen LogP contribution is 2.25. The molecular formula is C12H20AlO4P. The molecule has 4 nitrogen and oxygen atoms in total. The quantitative estimate of drug-likeness (QED) is 0.539. The predicted molar refractivity (Wildman–Crippen MR) is 74.2 cm³/mol. The first-order valence-electron chi connectivity index (χ1n) is 5.62. The van der Waals surface area contributed by atoms with Crippen LogP contribution in [0.1, 0.15) is 38.8 Å². The molecule has 18 heavy (non-hydrogen) atoms. The Morgan fingerprint density at radius 1 is 1.22 bits per heavy atom. The van der Waals surface area contributed by atoms with E-state index in [9.17, 15) is 0 Å². The van der Waals surface area contributed by atoms with Gasteiger partial charge >= 0.3 is 7.82 Å². The van der Waals surface area contributed by atoms with E-state index in [2.05, 4.69) is 62.2 Å². The maximum Gasteiger partial charge on any atom is 0.466 e. The molecule has 0 fully saturated rings. The fraction of sp³-hybridized carbons (Fsp3) is 0.500. The molecule has 0 aliphatic carbocycles. The SMILES string of the molecule is CCc1cc[c]([Al])c(C(C)(C)C)c1.O=P(O)(O)O. The third kappa shape index (κ3) is 8.05. The summed E-state index contributed by atoms with van der Waals surface area (Å²) in [6.07, 6.45) is 1.12. The van der Waals surface area contributed by atoms with Gasteiger partial charge in [0.25, 0.3) is 0 Å². The summed E-state index contributed by atoms with van der Waals surface area (Å²) in [5.74, 6) is 0. The molecule has 3 N–H and O–H groups in total. The molecule has 0 aliphatic heterocycles. The standard InChI is InChI=1S/C12H17.Al.H3O4P/c1-5-10-7-6-8-11(9-10)12(2,3)4;;1-5(2,3)4/h6-7,9H,5H2,1-4H3;;(H3,1,2,3,4). The Morgan fingerprint density at radius 3 is 2.00 bits per heavy atom. The summed E-state index contributed by atoms with van der Waals surface area (Å²) in [5.41, 5.74) is 3.12. The molecule has 0 amide bonds. The Morgan fingerprint density at radius 2 is 1.67 bits per heavy atom. The van der Waals surface area contributed by atoms with E-state index in [-0.39, 0.29) is 5.41 Å². The van der Waals surface area contributed by atoms with E-state index in [1.165, 1.54) is 15.6 Å². The summed E-state index contributed by atoms with van der Waals surface area (Å²) >= 11 is 2.82. The minimum absolute atomic E-state index is 0.252. The molecule has 1 rings (SSSR count). The molecule has 0 heterocycles. The topological polar surface area (TPSA) is 77.8 Å². The van der Waals surface area contributed by atoms with Gasteiger partial charge in [0.05, 0.1) is 0 Å². The van der Waals surface area contributed by atoms with Gasteiger partial charge in [0, 0.05) is 0 Å². The maximum atomic E-state index is 8.88. The Labute approximate surface area is 117 Å². The van der Waals surface area contributed by atoms with Crippen LogP contribution < -0.4 is 4.43 Å². The molecule has 0 spiro atoms. The Bertz CT molecular complexity index is 426. The fourth-order valence-corrected chi connectivity index (χ4v) is 2.09. The lowest BCUT2D eigenvalue weighted by molar-refractivity contribution is 0.275. The van der Waals surface area contributed by atoms with Gasteiger partial charge < -0.3 is 14.7 Å². The largest absolute Gasteiger partial charge is 0.466 e. The molecule has 6 heteroatoms. The van der Waals surface area contributed by atoms with Gasteiger partial charge in [-0.3, -0.25) is 0 Å². The molecule has 0 bridgehead atoms. The van der Waals surface area contributed by atoms with Crippen molar-refractivity contribution in [2.75, 3.05) is 0 Å². The average Bonchev–Trinajstić information content (AvgIpc) is 2.14. The zero-order valence-electron chi connectivity index (χ0n) is 11.2. The lowest BCUT2D eigenvalue weighted by atomic mass is 9.86. The summed E-state index contributed by atoms with van der Waals surface area (Å²) in [7, 11) is -4.64. The van der Waals surface area contributed by atoms with E-state index in [1.807, 2.05) is 0 Å². The first kappa shape index (κ1) is 17.9. The maximum absolute atomic E-state index is 8.88. The second kappa shape index (κ2) is 6.86. The van der Waals surface area contributed by atoms with Crippen LogP contribution in [0.5, 0.6) is 0 Å². The van der Waals surface area contributed by atoms with E-state index in [0.717, 1.165) is 6.42 Å². The molecule has 1 aromatic rings. The van der Waals surface area contributed by atoms with Gasteiger partial charge in [-0.25, -0.2) is 4.57 Å². The highest BCUT2D eigenvalue weighted by molar-refractivity contribution is 7.45. The molecule has 2 radical (unpaired) electrons. The van der Waals surface area contributed by atoms with Crippen LogP contribution in [0.15, 0.2) is 18.2 Å². The molecule has 0 aromatic heterocycles. The van der Waals surface area contributed by atoms with E-state index in [0.29, 0.717) is 0 Å². The van der Waals surface area contributed by atoms with Crippen LogP contribution in [0.2, 0.25) is 0 Å². The smallest absolute Gasteiger partial charge is 0.303 e. The second-order valence-corrected chi connectivity index (χ2v) is 6.69. The van der Waals surface area contributed by atoms with Gasteiger partial charge in [-0.2, -0.15) is 0 Å². The summed E-state index contributed by atoms with van der Waals surface area (Å²) < 4.78 is 10.2. The Kier molecular flexibility index (Phi) is 6.81. The van der Waals surface area contributed by atoms with Crippen LogP contribution in [0.3, 0.4) is 0 Å². The first-order chi connectivity index (χ1) is 7.95. The molecule has 1 aromatic carbocycles. The van der Waals surface area contributed by atoms with Crippen molar-refractivity contribution in [3.8, 4) is 0 Å². The van der Waals surface area contributed by atoms with Gasteiger partial charge in [0.2, 0.25) is 0 Å². The van der Waals surface area contributed by atoms with Crippen molar-refractivity contribution in [3.63, 3.8) is 0 Å². The van der Waals surface area contributed by atoms with Crippen molar-refractivity contribution in [1.82, 2.24) is 0 Å². The summed E-state index contributed by atoms with van der Waals surface area (Å²) in [6.45, 7) is 8.98. The molecule has 0 atom stereocenters. The minimum Gasteiger partial charge on any atom is -0.303 e. The van der Waals surface area contributed by atoms with Crippen LogP contribution >= 0.6 is 7.82 Å². The van der Waals surface area contributed by atoms with Crippen molar-refractivity contribution in [2.45, 2.75) is 39.5 Å². The van der Waals surface area contributed by atoms with Crippen LogP contribution in [-0.4, -0.2) is 31.0 Å². The second-order valence-electron chi connectivity index (χ2n) is 5.04. The van der Waals surface area contributed by atoms with E-state index >= 15 is 0 Å². The molecule has 0 saturated heterocycles. The van der Waals surface area contributed by atoms with Crippen LogP contribution in [-0.2, 0) is 16.4 Å². The molecule has 0 unspecified atom stereocenters. The molecular weight excluding hydrogens is 266 g/mol. The number of hydrogen-bond donors (Lipinski definition) is 3. The first-order valence-corrected chi connectivity index (χ1v) is 7.76. The number of benzene rings is 1. The van der Waals surface area contributed by atoms with Crippen molar-refractivity contribution in [1.29, 1.82) is 0 Å². The van der Waals surface area contributed by atoms with Gasteiger partial charge in [-0.05, 0) is 17.4 Å². The lowest BCUT2D eigenvalue weighted by Crippen LogP contribution is -2.23.